The van der Waals surface area contributed by atoms with Crippen molar-refractivity contribution >= 4 is 44.5 Å². The van der Waals surface area contributed by atoms with E-state index in [9.17, 15) is 4.79 Å². The first kappa shape index (κ1) is 17.2. The third kappa shape index (κ3) is 2.51. The predicted octanol–water partition coefficient (Wildman–Crippen LogP) is 5.84. The number of aryl methyl sites for hydroxylation is 2. The van der Waals surface area contributed by atoms with Crippen molar-refractivity contribution in [3.8, 4) is 5.69 Å². The highest BCUT2D eigenvalue weighted by Gasteiger charge is 2.22. The van der Waals surface area contributed by atoms with Crippen molar-refractivity contribution < 1.29 is 4.79 Å². The Morgan fingerprint density at radius 3 is 2.68 bits per heavy atom. The molecular formula is C22H16ClN3OS. The number of para-hydroxylation sites is 1. The van der Waals surface area contributed by atoms with Crippen LogP contribution in [0.5, 0.6) is 0 Å². The zero-order valence-corrected chi connectivity index (χ0v) is 16.9. The summed E-state index contributed by atoms with van der Waals surface area (Å²) in [6.45, 7) is 3.93. The number of fused-ring (bicyclic) bond motifs is 2. The Kier molecular flexibility index (Phi) is 3.89. The maximum Gasteiger partial charge on any atom is 0.220 e. The number of hydrogen-bond donors (Lipinski definition) is 0. The molecule has 0 spiro atoms. The summed E-state index contributed by atoms with van der Waals surface area (Å²) in [6, 6.07) is 17.5. The van der Waals surface area contributed by atoms with Crippen LogP contribution in [0.2, 0.25) is 5.02 Å². The van der Waals surface area contributed by atoms with Crippen LogP contribution in [0.3, 0.4) is 0 Å². The van der Waals surface area contributed by atoms with E-state index in [1.54, 1.807) is 0 Å². The van der Waals surface area contributed by atoms with E-state index >= 15 is 0 Å². The Hall–Kier alpha value is -2.89. The second-order valence-electron chi connectivity index (χ2n) is 6.78. The van der Waals surface area contributed by atoms with Crippen molar-refractivity contribution in [2.24, 2.45) is 0 Å². The Morgan fingerprint density at radius 1 is 1.07 bits per heavy atom. The molecule has 138 valence electrons. The van der Waals surface area contributed by atoms with Crippen molar-refractivity contribution in [1.29, 1.82) is 0 Å². The van der Waals surface area contributed by atoms with E-state index in [2.05, 4.69) is 5.10 Å². The van der Waals surface area contributed by atoms with E-state index < -0.39 is 0 Å². The summed E-state index contributed by atoms with van der Waals surface area (Å²) in [6.07, 6.45) is 1.93. The topological polar surface area (TPSA) is 39.3 Å². The maximum atomic E-state index is 13.4. The smallest absolute Gasteiger partial charge is 0.220 e. The molecule has 0 radical (unpaired) electrons. The van der Waals surface area contributed by atoms with Crippen LogP contribution in [0, 0.1) is 13.8 Å². The molecule has 0 aliphatic heterocycles. The predicted molar refractivity (Wildman–Crippen MR) is 114 cm³/mol. The molecule has 4 heterocycles. The van der Waals surface area contributed by atoms with Crippen molar-refractivity contribution in [3.63, 3.8) is 0 Å². The summed E-state index contributed by atoms with van der Waals surface area (Å²) in [4.78, 5) is 15.0. The standard InChI is InChI=1S/C22H16ClN3OS/c1-13-11-15-7-5-6-10-25(15)20(13)21(27)19-12-16-14(2)24-26(22(16)28-19)18-9-4-3-8-17(18)23/h3-12H,1-2H3. The monoisotopic (exact) mass is 405 g/mol. The zero-order valence-electron chi connectivity index (χ0n) is 15.3. The highest BCUT2D eigenvalue weighted by atomic mass is 35.5. The molecule has 6 heteroatoms. The number of carbonyl (C=O) groups is 1. The Labute approximate surface area is 170 Å². The van der Waals surface area contributed by atoms with E-state index in [-0.39, 0.29) is 5.78 Å². The molecule has 0 aliphatic carbocycles. The van der Waals surface area contributed by atoms with Gasteiger partial charge in [-0.2, -0.15) is 5.10 Å². The number of rotatable bonds is 3. The number of aromatic nitrogens is 3. The van der Waals surface area contributed by atoms with Gasteiger partial charge in [-0.25, -0.2) is 4.68 Å². The first-order valence-corrected chi connectivity index (χ1v) is 10.1. The number of ketones is 1. The summed E-state index contributed by atoms with van der Waals surface area (Å²) in [5, 5.41) is 6.24. The van der Waals surface area contributed by atoms with Crippen LogP contribution in [-0.2, 0) is 0 Å². The molecular weight excluding hydrogens is 390 g/mol. The van der Waals surface area contributed by atoms with Crippen molar-refractivity contribution in [3.05, 3.63) is 87.6 Å². The van der Waals surface area contributed by atoms with Gasteiger partial charge in [-0.1, -0.05) is 29.8 Å². The van der Waals surface area contributed by atoms with Gasteiger partial charge < -0.3 is 4.40 Å². The molecule has 0 saturated carbocycles. The van der Waals surface area contributed by atoms with Crippen LogP contribution in [-0.4, -0.2) is 20.0 Å². The van der Waals surface area contributed by atoms with Gasteiger partial charge >= 0.3 is 0 Å². The Morgan fingerprint density at radius 2 is 1.86 bits per heavy atom. The van der Waals surface area contributed by atoms with E-state index in [1.165, 1.54) is 11.3 Å². The fourth-order valence-electron chi connectivity index (χ4n) is 3.61. The SMILES string of the molecule is Cc1cc2ccccn2c1C(=O)c1cc2c(C)nn(-c3ccccc3Cl)c2s1. The first-order valence-electron chi connectivity index (χ1n) is 8.90. The Balaban J connectivity index is 1.68. The van der Waals surface area contributed by atoms with E-state index in [0.717, 1.165) is 32.7 Å². The maximum absolute atomic E-state index is 13.4. The van der Waals surface area contributed by atoms with Crippen LogP contribution < -0.4 is 0 Å². The minimum absolute atomic E-state index is 0.0232. The van der Waals surface area contributed by atoms with Crippen molar-refractivity contribution in [2.45, 2.75) is 13.8 Å². The lowest BCUT2D eigenvalue weighted by Gasteiger charge is -2.04. The summed E-state index contributed by atoms with van der Waals surface area (Å²) < 4.78 is 3.78. The quantitative estimate of drug-likeness (QED) is 0.353. The molecule has 28 heavy (non-hydrogen) atoms. The minimum Gasteiger partial charge on any atom is -0.313 e. The van der Waals surface area contributed by atoms with E-state index in [0.29, 0.717) is 15.6 Å². The number of carbonyl (C=O) groups excluding carboxylic acids is 1. The molecule has 5 rings (SSSR count). The summed E-state index contributed by atoms with van der Waals surface area (Å²) in [5.41, 5.74) is 4.38. The largest absolute Gasteiger partial charge is 0.313 e. The number of benzene rings is 1. The van der Waals surface area contributed by atoms with Gasteiger partial charge in [0.15, 0.2) is 0 Å². The van der Waals surface area contributed by atoms with Gasteiger partial charge in [0.2, 0.25) is 5.78 Å². The number of thiophene rings is 1. The Bertz CT molecular complexity index is 1380. The molecule has 4 nitrogen and oxygen atoms in total. The lowest BCUT2D eigenvalue weighted by atomic mass is 10.1. The third-order valence-electron chi connectivity index (χ3n) is 4.93. The average molecular weight is 406 g/mol. The average Bonchev–Trinajstić information content (AvgIpc) is 3.34. The van der Waals surface area contributed by atoms with Gasteiger partial charge in [0.25, 0.3) is 0 Å². The van der Waals surface area contributed by atoms with Gasteiger partial charge in [-0.15, -0.1) is 11.3 Å². The zero-order chi connectivity index (χ0) is 19.4. The van der Waals surface area contributed by atoms with Crippen molar-refractivity contribution in [2.75, 3.05) is 0 Å². The molecule has 0 saturated heterocycles. The van der Waals surface area contributed by atoms with Gasteiger partial charge in [-0.05, 0) is 55.8 Å². The number of pyridine rings is 1. The summed E-state index contributed by atoms with van der Waals surface area (Å²) in [5.74, 6) is 0.0232. The normalized spacial score (nSPS) is 11.5. The fraction of sp³-hybridized carbons (Fsp3) is 0.0909. The van der Waals surface area contributed by atoms with Gasteiger partial charge in [-0.3, -0.25) is 4.79 Å². The third-order valence-corrected chi connectivity index (χ3v) is 6.36. The highest BCUT2D eigenvalue weighted by Crippen LogP contribution is 2.34. The second-order valence-corrected chi connectivity index (χ2v) is 8.22. The lowest BCUT2D eigenvalue weighted by molar-refractivity contribution is 0.103. The second kappa shape index (κ2) is 6.33. The van der Waals surface area contributed by atoms with Crippen LogP contribution in [0.15, 0.2) is 60.8 Å². The molecule has 5 aromatic rings. The van der Waals surface area contributed by atoms with E-state index in [1.807, 2.05) is 83.7 Å². The van der Waals surface area contributed by atoms with Crippen LogP contribution >= 0.6 is 22.9 Å². The molecule has 0 atom stereocenters. The van der Waals surface area contributed by atoms with Gasteiger partial charge in [0.05, 0.1) is 27.0 Å². The van der Waals surface area contributed by atoms with Gasteiger partial charge in [0.1, 0.15) is 4.83 Å². The number of hydrogen-bond acceptors (Lipinski definition) is 3. The molecule has 1 aromatic carbocycles. The van der Waals surface area contributed by atoms with Crippen LogP contribution in [0.1, 0.15) is 26.6 Å². The highest BCUT2D eigenvalue weighted by molar-refractivity contribution is 7.20. The van der Waals surface area contributed by atoms with E-state index in [4.69, 9.17) is 11.6 Å². The number of nitrogens with zero attached hydrogens (tertiary/aromatic N) is 3. The fourth-order valence-corrected chi connectivity index (χ4v) is 4.94. The van der Waals surface area contributed by atoms with Gasteiger partial charge in [0, 0.05) is 17.1 Å². The molecule has 0 N–H and O–H groups in total. The molecule has 0 fully saturated rings. The summed E-state index contributed by atoms with van der Waals surface area (Å²) in [7, 11) is 0. The lowest BCUT2D eigenvalue weighted by Crippen LogP contribution is -2.05. The van der Waals surface area contributed by atoms with Crippen molar-refractivity contribution in [1.82, 2.24) is 14.2 Å². The van der Waals surface area contributed by atoms with Crippen LogP contribution in [0.4, 0.5) is 0 Å². The molecule has 0 unspecified atom stereocenters. The summed E-state index contributed by atoms with van der Waals surface area (Å²) >= 11 is 7.83. The van der Waals surface area contributed by atoms with Crippen LogP contribution in [0.25, 0.3) is 21.4 Å². The molecule has 4 aromatic heterocycles. The minimum atomic E-state index is 0.0232. The molecule has 0 amide bonds. The number of halogens is 1. The molecule has 0 aliphatic rings. The molecule has 0 bridgehead atoms. The first-order chi connectivity index (χ1) is 13.5.